The van der Waals surface area contributed by atoms with Crippen LogP contribution in [0.1, 0.15) is 28.4 Å². The molecule has 20 heavy (non-hydrogen) atoms. The van der Waals surface area contributed by atoms with Gasteiger partial charge in [0.15, 0.2) is 0 Å². The molecule has 0 bridgehead atoms. The molecule has 0 aliphatic rings. The Hall–Kier alpha value is -2.14. The number of aryl methyl sites for hydroxylation is 2. The first kappa shape index (κ1) is 14.3. The Bertz CT molecular complexity index is 597. The number of aromatic nitrogens is 2. The van der Waals surface area contributed by atoms with Gasteiger partial charge in [0.25, 0.3) is 0 Å². The molecular weight excluding hydrogens is 254 g/mol. The summed E-state index contributed by atoms with van der Waals surface area (Å²) in [5.74, 6) is 1.34. The predicted octanol–water partition coefficient (Wildman–Crippen LogP) is 2.16. The minimum Gasteiger partial charge on any atom is -0.496 e. The average Bonchev–Trinajstić information content (AvgIpc) is 2.48. The smallest absolute Gasteiger partial charge is 0.233 e. The number of rotatable bonds is 4. The summed E-state index contributed by atoms with van der Waals surface area (Å²) in [6, 6.07) is 7.29. The highest BCUT2D eigenvalue weighted by Gasteiger charge is 2.15. The van der Waals surface area contributed by atoms with Crippen molar-refractivity contribution in [3.05, 3.63) is 46.6 Å². The van der Waals surface area contributed by atoms with Gasteiger partial charge in [0, 0.05) is 6.07 Å². The fourth-order valence-electron chi connectivity index (χ4n) is 2.13. The lowest BCUT2D eigenvalue weighted by Crippen LogP contribution is -2.16. The number of nitrogens with two attached hydrogens (primary N) is 1. The van der Waals surface area contributed by atoms with E-state index in [0.717, 1.165) is 22.4 Å². The number of nitrogens with zero attached hydrogens (tertiary/aromatic N) is 2. The molecule has 0 fully saturated rings. The van der Waals surface area contributed by atoms with Gasteiger partial charge < -0.3 is 15.2 Å². The number of ether oxygens (including phenoxy) is 2. The van der Waals surface area contributed by atoms with Crippen LogP contribution in [0.25, 0.3) is 0 Å². The van der Waals surface area contributed by atoms with Crippen LogP contribution < -0.4 is 15.2 Å². The highest BCUT2D eigenvalue weighted by Crippen LogP contribution is 2.28. The second-order valence-electron chi connectivity index (χ2n) is 4.66. The molecule has 2 N–H and O–H groups in total. The minimum atomic E-state index is -0.321. The van der Waals surface area contributed by atoms with Crippen molar-refractivity contribution in [3.63, 3.8) is 0 Å². The summed E-state index contributed by atoms with van der Waals surface area (Å²) >= 11 is 0. The van der Waals surface area contributed by atoms with Gasteiger partial charge in [-0.05, 0) is 42.7 Å². The van der Waals surface area contributed by atoms with Crippen molar-refractivity contribution in [2.75, 3.05) is 14.2 Å². The van der Waals surface area contributed by atoms with Crippen molar-refractivity contribution < 1.29 is 9.47 Å². The lowest BCUT2D eigenvalue weighted by molar-refractivity contribution is 0.390. The van der Waals surface area contributed by atoms with Gasteiger partial charge in [0.1, 0.15) is 5.75 Å². The van der Waals surface area contributed by atoms with Gasteiger partial charge in [-0.25, -0.2) is 0 Å². The van der Waals surface area contributed by atoms with E-state index in [1.807, 2.05) is 32.0 Å². The summed E-state index contributed by atoms with van der Waals surface area (Å²) in [6.45, 7) is 4.00. The van der Waals surface area contributed by atoms with Crippen molar-refractivity contribution in [1.29, 1.82) is 0 Å². The summed E-state index contributed by atoms with van der Waals surface area (Å²) in [7, 11) is 3.22. The maximum absolute atomic E-state index is 6.28. The maximum atomic E-state index is 6.28. The van der Waals surface area contributed by atoms with Crippen molar-refractivity contribution in [2.45, 2.75) is 19.9 Å². The van der Waals surface area contributed by atoms with Gasteiger partial charge in [-0.15, -0.1) is 10.2 Å². The molecule has 0 aliphatic heterocycles. The maximum Gasteiger partial charge on any atom is 0.233 e. The van der Waals surface area contributed by atoms with Gasteiger partial charge in [-0.2, -0.15) is 0 Å². The van der Waals surface area contributed by atoms with Gasteiger partial charge >= 0.3 is 0 Å². The van der Waals surface area contributed by atoms with Crippen molar-refractivity contribution >= 4 is 0 Å². The van der Waals surface area contributed by atoms with E-state index in [1.54, 1.807) is 20.3 Å². The Morgan fingerprint density at radius 3 is 2.30 bits per heavy atom. The number of benzene rings is 1. The SMILES string of the molecule is COc1ccc(C(N)c2cc(C)c(OC)cc2C)nn1. The molecule has 0 aliphatic carbocycles. The number of methoxy groups -OCH3 is 2. The van der Waals surface area contributed by atoms with E-state index in [9.17, 15) is 0 Å². The van der Waals surface area contributed by atoms with E-state index in [2.05, 4.69) is 10.2 Å². The van der Waals surface area contributed by atoms with E-state index in [1.165, 1.54) is 0 Å². The molecule has 5 heteroatoms. The zero-order valence-electron chi connectivity index (χ0n) is 12.2. The summed E-state index contributed by atoms with van der Waals surface area (Å²) < 4.78 is 10.3. The zero-order valence-corrected chi connectivity index (χ0v) is 12.2. The molecular formula is C15H19N3O2. The van der Waals surface area contributed by atoms with E-state index in [-0.39, 0.29) is 6.04 Å². The van der Waals surface area contributed by atoms with Crippen LogP contribution in [0.15, 0.2) is 24.3 Å². The van der Waals surface area contributed by atoms with E-state index in [0.29, 0.717) is 11.6 Å². The normalized spacial score (nSPS) is 12.1. The Kier molecular flexibility index (Phi) is 4.20. The first-order valence-electron chi connectivity index (χ1n) is 6.35. The van der Waals surface area contributed by atoms with Gasteiger partial charge in [-0.3, -0.25) is 0 Å². The summed E-state index contributed by atoms with van der Waals surface area (Å²) in [4.78, 5) is 0. The van der Waals surface area contributed by atoms with Crippen LogP contribution >= 0.6 is 0 Å². The molecule has 1 aromatic carbocycles. The zero-order chi connectivity index (χ0) is 14.7. The quantitative estimate of drug-likeness (QED) is 0.924. The number of hydrogen-bond donors (Lipinski definition) is 1. The highest BCUT2D eigenvalue weighted by atomic mass is 16.5. The summed E-state index contributed by atoms with van der Waals surface area (Å²) in [5, 5.41) is 8.06. The largest absolute Gasteiger partial charge is 0.496 e. The first-order chi connectivity index (χ1) is 9.56. The van der Waals surface area contributed by atoms with Crippen LogP contribution in [0.4, 0.5) is 0 Å². The molecule has 5 nitrogen and oxygen atoms in total. The number of hydrogen-bond acceptors (Lipinski definition) is 5. The molecule has 0 saturated carbocycles. The molecule has 1 atom stereocenters. The standard InChI is InChI=1S/C15H19N3O2/c1-9-8-13(19-3)10(2)7-11(9)15(16)12-5-6-14(20-4)18-17-12/h5-8,15H,16H2,1-4H3. The molecule has 0 saturated heterocycles. The third-order valence-corrected chi connectivity index (χ3v) is 3.31. The second-order valence-corrected chi connectivity index (χ2v) is 4.66. The van der Waals surface area contributed by atoms with Crippen LogP contribution in [-0.4, -0.2) is 24.4 Å². The molecule has 0 spiro atoms. The van der Waals surface area contributed by atoms with Gasteiger partial charge in [-0.1, -0.05) is 6.07 Å². The monoisotopic (exact) mass is 273 g/mol. The van der Waals surface area contributed by atoms with Gasteiger partial charge in [0.2, 0.25) is 5.88 Å². The predicted molar refractivity (Wildman–Crippen MR) is 77.1 cm³/mol. The molecule has 1 unspecified atom stereocenters. The van der Waals surface area contributed by atoms with E-state index in [4.69, 9.17) is 15.2 Å². The Labute approximate surface area is 118 Å². The van der Waals surface area contributed by atoms with Crippen LogP contribution in [0.2, 0.25) is 0 Å². The van der Waals surface area contributed by atoms with E-state index < -0.39 is 0 Å². The van der Waals surface area contributed by atoms with Crippen LogP contribution in [-0.2, 0) is 0 Å². The lowest BCUT2D eigenvalue weighted by Gasteiger charge is -2.16. The Balaban J connectivity index is 2.36. The van der Waals surface area contributed by atoms with Crippen molar-refractivity contribution in [2.24, 2.45) is 5.73 Å². The third-order valence-electron chi connectivity index (χ3n) is 3.31. The average molecular weight is 273 g/mol. The van der Waals surface area contributed by atoms with E-state index >= 15 is 0 Å². The van der Waals surface area contributed by atoms with Crippen LogP contribution in [0, 0.1) is 13.8 Å². The molecule has 2 aromatic rings. The highest BCUT2D eigenvalue weighted by molar-refractivity contribution is 5.44. The summed E-state index contributed by atoms with van der Waals surface area (Å²) in [6.07, 6.45) is 0. The molecule has 1 aromatic heterocycles. The second kappa shape index (κ2) is 5.88. The molecule has 2 rings (SSSR count). The molecule has 106 valence electrons. The third kappa shape index (κ3) is 2.72. The molecule has 0 amide bonds. The minimum absolute atomic E-state index is 0.321. The first-order valence-corrected chi connectivity index (χ1v) is 6.35. The topological polar surface area (TPSA) is 70.3 Å². The molecule has 1 heterocycles. The van der Waals surface area contributed by atoms with Gasteiger partial charge in [0.05, 0.1) is 26.0 Å². The fraction of sp³-hybridized carbons (Fsp3) is 0.333. The van der Waals surface area contributed by atoms with Crippen molar-refractivity contribution in [3.8, 4) is 11.6 Å². The summed E-state index contributed by atoms with van der Waals surface area (Å²) in [5.41, 5.74) is 10.1. The van der Waals surface area contributed by atoms with Crippen LogP contribution in [0.5, 0.6) is 11.6 Å². The Morgan fingerprint density at radius 1 is 1.00 bits per heavy atom. The van der Waals surface area contributed by atoms with Crippen molar-refractivity contribution in [1.82, 2.24) is 10.2 Å². The Morgan fingerprint density at radius 2 is 1.75 bits per heavy atom. The lowest BCUT2D eigenvalue weighted by atomic mass is 9.96. The molecule has 0 radical (unpaired) electrons. The fourth-order valence-corrected chi connectivity index (χ4v) is 2.13. The van der Waals surface area contributed by atoms with Crippen LogP contribution in [0.3, 0.4) is 0 Å².